The number of fused-ring (bicyclic) bond motifs is 1. The number of aromatic hydroxyl groups is 1. The molecule has 2 rings (SSSR count). The number of nitrogens with zero attached hydrogens (tertiary/aromatic N) is 1. The van der Waals surface area contributed by atoms with E-state index in [0.29, 0.717) is 11.8 Å². The highest BCUT2D eigenvalue weighted by atomic mass is 16.3. The number of aromatic nitrogens is 1. The van der Waals surface area contributed by atoms with Crippen LogP contribution in [0.15, 0.2) is 24.4 Å². The summed E-state index contributed by atoms with van der Waals surface area (Å²) in [5.74, 6) is 0.385. The third kappa shape index (κ3) is 5.00. The van der Waals surface area contributed by atoms with E-state index in [1.165, 1.54) is 50.5 Å². The molecule has 0 amide bonds. The van der Waals surface area contributed by atoms with Crippen molar-refractivity contribution in [2.24, 2.45) is 0 Å². The van der Waals surface area contributed by atoms with E-state index in [1.54, 1.807) is 6.07 Å². The van der Waals surface area contributed by atoms with Crippen molar-refractivity contribution in [1.29, 1.82) is 0 Å². The van der Waals surface area contributed by atoms with Gasteiger partial charge in [-0.25, -0.2) is 0 Å². The zero-order valence-electron chi connectivity index (χ0n) is 14.9. The molecule has 1 heterocycles. The van der Waals surface area contributed by atoms with Gasteiger partial charge in [0, 0.05) is 23.1 Å². The van der Waals surface area contributed by atoms with Crippen LogP contribution < -0.4 is 0 Å². The Morgan fingerprint density at radius 2 is 1.83 bits per heavy atom. The summed E-state index contributed by atoms with van der Waals surface area (Å²) in [6.45, 7) is 2.26. The number of likely N-dealkylation sites (N-methyl/N-ethyl adjacent to an activating group) is 1. The number of phenols is 1. The lowest BCUT2D eigenvalue weighted by Gasteiger charge is -2.24. The monoisotopic (exact) mass is 316 g/mol. The molecule has 128 valence electrons. The molecule has 0 saturated heterocycles. The van der Waals surface area contributed by atoms with E-state index in [1.807, 2.05) is 12.1 Å². The van der Waals surface area contributed by atoms with Gasteiger partial charge in [0.15, 0.2) is 0 Å². The van der Waals surface area contributed by atoms with Crippen LogP contribution >= 0.6 is 0 Å². The van der Waals surface area contributed by atoms with E-state index in [0.717, 1.165) is 17.3 Å². The van der Waals surface area contributed by atoms with Crippen molar-refractivity contribution in [3.63, 3.8) is 0 Å². The molecule has 23 heavy (non-hydrogen) atoms. The van der Waals surface area contributed by atoms with Gasteiger partial charge in [-0.05, 0) is 44.6 Å². The smallest absolute Gasteiger partial charge is 0.125 e. The van der Waals surface area contributed by atoms with Gasteiger partial charge in [-0.2, -0.15) is 0 Å². The molecular weight excluding hydrogens is 284 g/mol. The Kier molecular flexibility index (Phi) is 6.97. The van der Waals surface area contributed by atoms with Crippen molar-refractivity contribution in [3.8, 4) is 5.75 Å². The van der Waals surface area contributed by atoms with Crippen molar-refractivity contribution in [3.05, 3.63) is 30.0 Å². The predicted octanol–water partition coefficient (Wildman–Crippen LogP) is 5.10. The molecule has 0 fully saturated rings. The number of hydrogen-bond acceptors (Lipinski definition) is 2. The highest BCUT2D eigenvalue weighted by molar-refractivity contribution is 5.89. The van der Waals surface area contributed by atoms with Gasteiger partial charge in [-0.3, -0.25) is 0 Å². The zero-order chi connectivity index (χ0) is 16.7. The van der Waals surface area contributed by atoms with Crippen molar-refractivity contribution >= 4 is 10.9 Å². The normalized spacial score (nSPS) is 13.0. The first-order valence-electron chi connectivity index (χ1n) is 9.07. The predicted molar refractivity (Wildman–Crippen MR) is 99.1 cm³/mol. The van der Waals surface area contributed by atoms with Gasteiger partial charge >= 0.3 is 0 Å². The Labute approximate surface area is 140 Å². The number of H-pyrrole nitrogens is 1. The van der Waals surface area contributed by atoms with Crippen molar-refractivity contribution in [2.75, 3.05) is 14.1 Å². The third-order valence-corrected chi connectivity index (χ3v) is 4.84. The number of rotatable bonds is 10. The van der Waals surface area contributed by atoms with Gasteiger partial charge in [0.05, 0.1) is 0 Å². The molecule has 3 heteroatoms. The summed E-state index contributed by atoms with van der Waals surface area (Å²) in [5, 5.41) is 11.1. The molecular formula is C20H32N2O. The van der Waals surface area contributed by atoms with Gasteiger partial charge in [-0.15, -0.1) is 0 Å². The molecule has 0 aliphatic heterocycles. The minimum absolute atomic E-state index is 0.385. The molecule has 2 N–H and O–H groups in total. The molecule has 2 aromatic rings. The van der Waals surface area contributed by atoms with Crippen LogP contribution in [0, 0.1) is 0 Å². The van der Waals surface area contributed by atoms with Crippen molar-refractivity contribution < 1.29 is 5.11 Å². The molecule has 0 aliphatic carbocycles. The highest BCUT2D eigenvalue weighted by Crippen LogP contribution is 2.29. The molecule has 0 aliphatic rings. The second kappa shape index (κ2) is 8.97. The summed E-state index contributed by atoms with van der Waals surface area (Å²) < 4.78 is 0. The highest BCUT2D eigenvalue weighted by Gasteiger charge is 2.16. The molecule has 0 spiro atoms. The standard InChI is InChI=1S/C20H32N2O/c1-4-5-6-7-8-9-11-17(22(2)3)14-16-15-21-18-12-10-13-19(23)20(16)18/h10,12-13,15,17,21,23H,4-9,11,14H2,1-3H3. The fourth-order valence-electron chi connectivity index (χ4n) is 3.35. The Bertz CT molecular complexity index is 588. The van der Waals surface area contributed by atoms with E-state index in [-0.39, 0.29) is 0 Å². The lowest BCUT2D eigenvalue weighted by molar-refractivity contribution is 0.270. The molecule has 0 saturated carbocycles. The van der Waals surface area contributed by atoms with Gasteiger partial charge in [0.2, 0.25) is 0 Å². The number of aromatic amines is 1. The van der Waals surface area contributed by atoms with E-state index in [2.05, 4.69) is 37.1 Å². The summed E-state index contributed by atoms with van der Waals surface area (Å²) >= 11 is 0. The summed E-state index contributed by atoms with van der Waals surface area (Å²) in [7, 11) is 4.33. The Morgan fingerprint density at radius 3 is 2.57 bits per heavy atom. The van der Waals surface area contributed by atoms with Crippen LogP contribution in [-0.4, -0.2) is 35.1 Å². The number of hydrogen-bond donors (Lipinski definition) is 2. The first kappa shape index (κ1) is 17.9. The zero-order valence-corrected chi connectivity index (χ0v) is 14.9. The minimum Gasteiger partial charge on any atom is -0.507 e. The number of phenolic OH excluding ortho intramolecular Hbond substituents is 1. The lowest BCUT2D eigenvalue weighted by atomic mass is 9.98. The maximum atomic E-state index is 10.2. The summed E-state index contributed by atoms with van der Waals surface area (Å²) in [6, 6.07) is 6.21. The van der Waals surface area contributed by atoms with Crippen LogP contribution in [0.4, 0.5) is 0 Å². The molecule has 1 aromatic heterocycles. The fraction of sp³-hybridized carbons (Fsp3) is 0.600. The van der Waals surface area contributed by atoms with E-state index in [4.69, 9.17) is 0 Å². The van der Waals surface area contributed by atoms with Crippen molar-refractivity contribution in [1.82, 2.24) is 9.88 Å². The minimum atomic E-state index is 0.385. The van der Waals surface area contributed by atoms with Crippen LogP contribution in [0.2, 0.25) is 0 Å². The summed E-state index contributed by atoms with van der Waals surface area (Å²) in [6.07, 6.45) is 12.3. The molecule has 0 radical (unpaired) electrons. The quantitative estimate of drug-likeness (QED) is 0.599. The Balaban J connectivity index is 1.93. The van der Waals surface area contributed by atoms with E-state index < -0.39 is 0 Å². The number of unbranched alkanes of at least 4 members (excludes halogenated alkanes) is 5. The fourth-order valence-corrected chi connectivity index (χ4v) is 3.35. The van der Waals surface area contributed by atoms with E-state index in [9.17, 15) is 5.11 Å². The van der Waals surface area contributed by atoms with Gasteiger partial charge in [0.25, 0.3) is 0 Å². The van der Waals surface area contributed by atoms with Crippen LogP contribution in [0.5, 0.6) is 5.75 Å². The average molecular weight is 316 g/mol. The topological polar surface area (TPSA) is 39.3 Å². The van der Waals surface area contributed by atoms with Crippen LogP contribution in [0.1, 0.15) is 57.4 Å². The van der Waals surface area contributed by atoms with E-state index >= 15 is 0 Å². The van der Waals surface area contributed by atoms with Gasteiger partial charge in [0.1, 0.15) is 5.75 Å². The number of benzene rings is 1. The largest absolute Gasteiger partial charge is 0.507 e. The molecule has 0 bridgehead atoms. The summed E-state index contributed by atoms with van der Waals surface area (Å²) in [4.78, 5) is 5.61. The second-order valence-corrected chi connectivity index (χ2v) is 6.89. The second-order valence-electron chi connectivity index (χ2n) is 6.89. The average Bonchev–Trinajstić information content (AvgIpc) is 2.93. The number of nitrogens with one attached hydrogen (secondary N) is 1. The Hall–Kier alpha value is -1.48. The maximum absolute atomic E-state index is 10.2. The Morgan fingerprint density at radius 1 is 1.09 bits per heavy atom. The molecule has 3 nitrogen and oxygen atoms in total. The molecule has 1 atom stereocenters. The van der Waals surface area contributed by atoms with Crippen LogP contribution in [0.3, 0.4) is 0 Å². The summed E-state index contributed by atoms with van der Waals surface area (Å²) in [5.41, 5.74) is 2.25. The van der Waals surface area contributed by atoms with Crippen LogP contribution in [0.25, 0.3) is 10.9 Å². The third-order valence-electron chi connectivity index (χ3n) is 4.84. The lowest BCUT2D eigenvalue weighted by Crippen LogP contribution is -2.30. The molecule has 1 aromatic carbocycles. The van der Waals surface area contributed by atoms with Gasteiger partial charge in [-0.1, -0.05) is 51.5 Å². The van der Waals surface area contributed by atoms with Gasteiger partial charge < -0.3 is 15.0 Å². The van der Waals surface area contributed by atoms with Crippen LogP contribution in [-0.2, 0) is 6.42 Å². The maximum Gasteiger partial charge on any atom is 0.125 e. The molecule has 1 unspecified atom stereocenters. The first-order chi connectivity index (χ1) is 11.1. The first-order valence-corrected chi connectivity index (χ1v) is 9.07. The van der Waals surface area contributed by atoms with Crippen molar-refractivity contribution in [2.45, 2.75) is 64.3 Å². The SMILES string of the molecule is CCCCCCCCC(Cc1c[nH]c2cccc(O)c12)N(C)C.